The molecule has 0 saturated heterocycles. The van der Waals surface area contributed by atoms with Gasteiger partial charge in [0.15, 0.2) is 0 Å². The van der Waals surface area contributed by atoms with Crippen molar-refractivity contribution in [2.45, 2.75) is 32.2 Å². The average Bonchev–Trinajstić information content (AvgIpc) is 3.78. The van der Waals surface area contributed by atoms with Gasteiger partial charge in [0.25, 0.3) is 5.91 Å². The lowest BCUT2D eigenvalue weighted by Gasteiger charge is -2.38. The highest BCUT2D eigenvalue weighted by atomic mass is 35.5. The maximum absolute atomic E-state index is 13.9. The van der Waals surface area contributed by atoms with Gasteiger partial charge < -0.3 is 29.0 Å². The highest BCUT2D eigenvalue weighted by Gasteiger charge is 2.36. The molecule has 1 aliphatic heterocycles. The Bertz CT molecular complexity index is 1670. The van der Waals surface area contributed by atoms with E-state index in [-0.39, 0.29) is 42.2 Å². The van der Waals surface area contributed by atoms with Crippen LogP contribution in [0.3, 0.4) is 0 Å². The van der Waals surface area contributed by atoms with Crippen molar-refractivity contribution >= 4 is 51.7 Å². The quantitative estimate of drug-likeness (QED) is 0.268. The SMILES string of the molecule is CCOC(=O)CNC(=O)Cc1coc2cc(Cl)c(Oc3ccncc3C(=O)N3CCN(C4CC4)c4ccccc43)cc12. The molecule has 3 heterocycles. The van der Waals surface area contributed by atoms with Gasteiger partial charge in [0, 0.05) is 48.5 Å². The normalized spacial score (nSPS) is 14.4. The number of nitrogens with one attached hydrogen (secondary N) is 1. The molecule has 0 unspecified atom stereocenters. The zero-order valence-electron chi connectivity index (χ0n) is 23.0. The molecule has 1 N–H and O–H groups in total. The predicted octanol–water partition coefficient (Wildman–Crippen LogP) is 5.12. The highest BCUT2D eigenvalue weighted by Crippen LogP contribution is 2.41. The van der Waals surface area contributed by atoms with E-state index in [9.17, 15) is 14.4 Å². The van der Waals surface area contributed by atoms with Crippen molar-refractivity contribution in [1.29, 1.82) is 0 Å². The molecule has 0 atom stereocenters. The van der Waals surface area contributed by atoms with Crippen molar-refractivity contribution in [3.05, 3.63) is 77.3 Å². The molecule has 2 aliphatic rings. The lowest BCUT2D eigenvalue weighted by molar-refractivity contribution is -0.143. The van der Waals surface area contributed by atoms with Crippen LogP contribution in [-0.4, -0.2) is 55.1 Å². The molecular formula is C31H29ClN4O6. The molecule has 0 bridgehead atoms. The fourth-order valence-electron chi connectivity index (χ4n) is 5.17. The van der Waals surface area contributed by atoms with Crippen molar-refractivity contribution in [3.63, 3.8) is 0 Å². The van der Waals surface area contributed by atoms with E-state index < -0.39 is 5.97 Å². The summed E-state index contributed by atoms with van der Waals surface area (Å²) in [6.45, 7) is 3.01. The van der Waals surface area contributed by atoms with Gasteiger partial charge in [0.2, 0.25) is 5.91 Å². The third kappa shape index (κ3) is 5.62. The molecule has 2 amide bonds. The summed E-state index contributed by atoms with van der Waals surface area (Å²) in [6.07, 6.45) is 6.83. The maximum Gasteiger partial charge on any atom is 0.325 e. The summed E-state index contributed by atoms with van der Waals surface area (Å²) >= 11 is 6.55. The Morgan fingerprint density at radius 3 is 2.69 bits per heavy atom. The van der Waals surface area contributed by atoms with Crippen LogP contribution in [0, 0.1) is 0 Å². The fraction of sp³-hybridized carbons (Fsp3) is 0.290. The molecule has 42 heavy (non-hydrogen) atoms. The number of carbonyl (C=O) groups is 3. The molecule has 4 aromatic rings. The summed E-state index contributed by atoms with van der Waals surface area (Å²) < 4.78 is 16.7. The highest BCUT2D eigenvalue weighted by molar-refractivity contribution is 6.32. The third-order valence-corrected chi connectivity index (χ3v) is 7.60. The van der Waals surface area contributed by atoms with Crippen LogP contribution in [0.25, 0.3) is 11.0 Å². The van der Waals surface area contributed by atoms with Crippen molar-refractivity contribution < 1.29 is 28.3 Å². The van der Waals surface area contributed by atoms with Crippen LogP contribution in [-0.2, 0) is 20.7 Å². The number of esters is 1. The second-order valence-corrected chi connectivity index (χ2v) is 10.5. The molecular weight excluding hydrogens is 560 g/mol. The number of hydrogen-bond donors (Lipinski definition) is 1. The number of furan rings is 1. The van der Waals surface area contributed by atoms with E-state index in [0.717, 1.165) is 17.9 Å². The van der Waals surface area contributed by atoms with Gasteiger partial charge in [-0.2, -0.15) is 0 Å². The zero-order valence-corrected chi connectivity index (χ0v) is 23.7. The van der Waals surface area contributed by atoms with Gasteiger partial charge in [0.05, 0.1) is 35.7 Å². The molecule has 11 heteroatoms. The zero-order chi connectivity index (χ0) is 29.2. The summed E-state index contributed by atoms with van der Waals surface area (Å²) in [7, 11) is 0. The summed E-state index contributed by atoms with van der Waals surface area (Å²) in [6, 6.07) is 13.4. The number of amides is 2. The van der Waals surface area contributed by atoms with E-state index in [1.54, 1.807) is 36.2 Å². The minimum atomic E-state index is -0.513. The minimum absolute atomic E-state index is 0.0291. The smallest absolute Gasteiger partial charge is 0.325 e. The Hall–Kier alpha value is -4.57. The van der Waals surface area contributed by atoms with Crippen LogP contribution in [0.4, 0.5) is 11.4 Å². The third-order valence-electron chi connectivity index (χ3n) is 7.31. The first-order valence-electron chi connectivity index (χ1n) is 13.8. The molecule has 2 aromatic heterocycles. The predicted molar refractivity (Wildman–Crippen MR) is 157 cm³/mol. The van der Waals surface area contributed by atoms with Crippen LogP contribution in [0.5, 0.6) is 11.5 Å². The number of nitrogens with zero attached hydrogens (tertiary/aromatic N) is 3. The van der Waals surface area contributed by atoms with E-state index in [1.807, 2.05) is 18.2 Å². The van der Waals surface area contributed by atoms with Gasteiger partial charge in [-0.1, -0.05) is 23.7 Å². The number of aromatic nitrogens is 1. The van der Waals surface area contributed by atoms with Crippen LogP contribution in [0.2, 0.25) is 5.02 Å². The number of halogens is 1. The number of para-hydroxylation sites is 2. The van der Waals surface area contributed by atoms with Gasteiger partial charge in [0.1, 0.15) is 29.2 Å². The van der Waals surface area contributed by atoms with Gasteiger partial charge in [-0.15, -0.1) is 0 Å². The number of fused-ring (bicyclic) bond motifs is 2. The van der Waals surface area contributed by atoms with Crippen molar-refractivity contribution in [2.75, 3.05) is 36.0 Å². The number of pyridine rings is 1. The van der Waals surface area contributed by atoms with Crippen molar-refractivity contribution in [2.24, 2.45) is 0 Å². The van der Waals surface area contributed by atoms with E-state index in [4.69, 9.17) is 25.5 Å². The van der Waals surface area contributed by atoms with Crippen LogP contribution >= 0.6 is 11.6 Å². The topological polar surface area (TPSA) is 114 Å². The second-order valence-electron chi connectivity index (χ2n) is 10.1. The Morgan fingerprint density at radius 2 is 1.90 bits per heavy atom. The van der Waals surface area contributed by atoms with E-state index in [2.05, 4.69) is 21.3 Å². The van der Waals surface area contributed by atoms with Gasteiger partial charge >= 0.3 is 5.97 Å². The first kappa shape index (κ1) is 27.6. The second kappa shape index (κ2) is 11.7. The number of benzene rings is 2. The lowest BCUT2D eigenvalue weighted by atomic mass is 10.1. The molecule has 1 fully saturated rings. The summed E-state index contributed by atoms with van der Waals surface area (Å²) in [5, 5.41) is 3.43. The Morgan fingerprint density at radius 1 is 1.10 bits per heavy atom. The Labute approximate surface area is 247 Å². The molecule has 6 rings (SSSR count). The van der Waals surface area contributed by atoms with Gasteiger partial charge in [-0.3, -0.25) is 19.4 Å². The van der Waals surface area contributed by atoms with Crippen LogP contribution < -0.4 is 19.9 Å². The average molecular weight is 589 g/mol. The van der Waals surface area contributed by atoms with Crippen LogP contribution in [0.15, 0.2) is 65.5 Å². The fourth-order valence-corrected chi connectivity index (χ4v) is 5.36. The molecule has 10 nitrogen and oxygen atoms in total. The number of hydrogen-bond acceptors (Lipinski definition) is 8. The lowest BCUT2D eigenvalue weighted by Crippen LogP contribution is -2.45. The summed E-state index contributed by atoms with van der Waals surface area (Å²) in [4.78, 5) is 46.3. The Balaban J connectivity index is 1.24. The van der Waals surface area contributed by atoms with E-state index in [0.29, 0.717) is 40.4 Å². The van der Waals surface area contributed by atoms with E-state index >= 15 is 0 Å². The van der Waals surface area contributed by atoms with Crippen LogP contribution in [0.1, 0.15) is 35.7 Å². The number of ether oxygens (including phenoxy) is 2. The molecule has 1 saturated carbocycles. The van der Waals surface area contributed by atoms with Crippen molar-refractivity contribution in [1.82, 2.24) is 10.3 Å². The van der Waals surface area contributed by atoms with Gasteiger partial charge in [-0.05, 0) is 44.0 Å². The Kier molecular flexibility index (Phi) is 7.71. The number of carbonyl (C=O) groups excluding carboxylic acids is 3. The largest absolute Gasteiger partial charge is 0.465 e. The number of anilines is 2. The molecule has 0 radical (unpaired) electrons. The monoisotopic (exact) mass is 588 g/mol. The first-order valence-corrected chi connectivity index (χ1v) is 14.2. The molecule has 0 spiro atoms. The molecule has 1 aliphatic carbocycles. The standard InChI is InChI=1S/C31H29ClN4O6/c1-2-40-30(38)17-34-29(37)13-19-18-41-27-15-23(32)28(14-21(19)27)42-26-9-10-33-16-22(26)31(39)36-12-11-35(20-7-8-20)24-5-3-4-6-25(24)36/h3-6,9-10,14-16,18,20H,2,7-8,11-13,17H2,1H3,(H,34,37). The first-order chi connectivity index (χ1) is 20.4. The van der Waals surface area contributed by atoms with E-state index in [1.165, 1.54) is 25.3 Å². The van der Waals surface area contributed by atoms with Gasteiger partial charge in [-0.25, -0.2) is 0 Å². The van der Waals surface area contributed by atoms with Crippen molar-refractivity contribution in [3.8, 4) is 11.5 Å². The summed E-state index contributed by atoms with van der Waals surface area (Å²) in [5.41, 5.74) is 3.27. The molecule has 2 aromatic carbocycles. The molecule has 216 valence electrons. The summed E-state index contributed by atoms with van der Waals surface area (Å²) in [5.74, 6) is -0.511. The minimum Gasteiger partial charge on any atom is -0.465 e. The number of rotatable bonds is 9. The maximum atomic E-state index is 13.9.